The van der Waals surface area contributed by atoms with Crippen LogP contribution < -0.4 is 0 Å². The van der Waals surface area contributed by atoms with Crippen LogP contribution in [0.3, 0.4) is 0 Å². The molecule has 130 valence electrons. The summed E-state index contributed by atoms with van der Waals surface area (Å²) in [6, 6.07) is 8.23. The fraction of sp³-hybridized carbons (Fsp3) is 0.438. The van der Waals surface area contributed by atoms with E-state index < -0.39 is 36.4 Å². The van der Waals surface area contributed by atoms with Crippen LogP contribution in [-0.2, 0) is 9.59 Å². The van der Waals surface area contributed by atoms with Gasteiger partial charge in [0.1, 0.15) is 0 Å². The molecule has 0 radical (unpaired) electrons. The van der Waals surface area contributed by atoms with Gasteiger partial charge in [0.05, 0.1) is 0 Å². The molecule has 1 heterocycles. The van der Waals surface area contributed by atoms with E-state index >= 15 is 0 Å². The van der Waals surface area contributed by atoms with Crippen LogP contribution in [0.4, 0.5) is 13.2 Å². The molecule has 0 aliphatic carbocycles. The lowest BCUT2D eigenvalue weighted by molar-refractivity contribution is -0.227. The van der Waals surface area contributed by atoms with Gasteiger partial charge in [0.25, 0.3) is 0 Å². The summed E-state index contributed by atoms with van der Waals surface area (Å²) in [5, 5.41) is 8.95. The van der Waals surface area contributed by atoms with E-state index in [0.717, 1.165) is 4.90 Å². The van der Waals surface area contributed by atoms with E-state index in [0.29, 0.717) is 5.56 Å². The highest BCUT2D eigenvalue weighted by atomic mass is 19.4. The summed E-state index contributed by atoms with van der Waals surface area (Å²) in [6.07, 6.45) is -6.00. The fourth-order valence-corrected chi connectivity index (χ4v) is 2.70. The smallest absolute Gasteiger partial charge is 0.406 e. The highest BCUT2D eigenvalue weighted by Gasteiger charge is 2.64. The highest BCUT2D eigenvalue weighted by Crippen LogP contribution is 2.45. The quantitative estimate of drug-likeness (QED) is 0.834. The zero-order valence-electron chi connectivity index (χ0n) is 12.7. The molecule has 1 aliphatic heterocycles. The summed E-state index contributed by atoms with van der Waals surface area (Å²) in [6.45, 7) is -1.20. The van der Waals surface area contributed by atoms with Crippen LogP contribution in [0.25, 0.3) is 0 Å². The van der Waals surface area contributed by atoms with E-state index in [1.807, 2.05) is 0 Å². The topological polar surface area (TPSA) is 74.7 Å². The molecule has 1 amide bonds. The third kappa shape index (κ3) is 3.42. The molecule has 0 saturated carbocycles. The first kappa shape index (κ1) is 18.0. The Hall–Kier alpha value is -2.38. The summed E-state index contributed by atoms with van der Waals surface area (Å²) >= 11 is 0. The predicted molar refractivity (Wildman–Crippen MR) is 77.3 cm³/mol. The van der Waals surface area contributed by atoms with Crippen molar-refractivity contribution in [2.75, 3.05) is 13.1 Å². The lowest BCUT2D eigenvalue weighted by Gasteiger charge is -2.27. The Labute approximate surface area is 136 Å². The lowest BCUT2D eigenvalue weighted by Crippen LogP contribution is -2.47. The summed E-state index contributed by atoms with van der Waals surface area (Å²) < 4.78 is 39.2. The van der Waals surface area contributed by atoms with Gasteiger partial charge in [0, 0.05) is 31.5 Å². The maximum atomic E-state index is 13.1. The van der Waals surface area contributed by atoms with Gasteiger partial charge in [-0.1, -0.05) is 30.3 Å². The van der Waals surface area contributed by atoms with Crippen molar-refractivity contribution < 1.29 is 32.7 Å². The minimum atomic E-state index is -4.94. The van der Waals surface area contributed by atoms with Crippen molar-refractivity contribution in [3.05, 3.63) is 35.9 Å². The number of carboxylic acid groups (broad SMARTS) is 1. The van der Waals surface area contributed by atoms with Crippen molar-refractivity contribution in [2.45, 2.75) is 25.4 Å². The van der Waals surface area contributed by atoms with Crippen molar-refractivity contribution >= 4 is 17.7 Å². The largest absolute Gasteiger partial charge is 0.481 e. The van der Waals surface area contributed by atoms with E-state index in [1.165, 1.54) is 0 Å². The maximum Gasteiger partial charge on any atom is 0.406 e. The number of halogens is 3. The third-order valence-corrected chi connectivity index (χ3v) is 4.24. The van der Waals surface area contributed by atoms with Crippen LogP contribution in [0.15, 0.2) is 30.3 Å². The van der Waals surface area contributed by atoms with Crippen LogP contribution in [0, 0.1) is 5.41 Å². The number of likely N-dealkylation sites (tertiary alicyclic amines) is 1. The van der Waals surface area contributed by atoms with Gasteiger partial charge < -0.3 is 10.0 Å². The lowest BCUT2D eigenvalue weighted by atomic mass is 9.86. The van der Waals surface area contributed by atoms with Gasteiger partial charge in [0.15, 0.2) is 11.2 Å². The molecule has 1 aromatic carbocycles. The van der Waals surface area contributed by atoms with Gasteiger partial charge in [-0.3, -0.25) is 14.4 Å². The van der Waals surface area contributed by atoms with E-state index in [4.69, 9.17) is 5.11 Å². The average Bonchev–Trinajstić information content (AvgIpc) is 3.00. The first-order valence-electron chi connectivity index (χ1n) is 7.33. The van der Waals surface area contributed by atoms with E-state index in [1.54, 1.807) is 30.3 Å². The molecule has 2 rings (SSSR count). The molecule has 0 aromatic heterocycles. The standard InChI is InChI=1S/C16H16F3NO4/c17-16(18,19)15(14(23)24)8-9-20(10-15)13(22)7-6-12(21)11-4-2-1-3-5-11/h1-5H,6-10H2,(H,23,24). The van der Waals surface area contributed by atoms with Crippen molar-refractivity contribution in [3.8, 4) is 0 Å². The molecule has 8 heteroatoms. The fourth-order valence-electron chi connectivity index (χ4n) is 2.70. The monoisotopic (exact) mass is 343 g/mol. The number of carboxylic acids is 1. The number of hydrogen-bond acceptors (Lipinski definition) is 3. The number of hydrogen-bond donors (Lipinski definition) is 1. The summed E-state index contributed by atoms with van der Waals surface area (Å²) in [4.78, 5) is 35.9. The number of carbonyl (C=O) groups excluding carboxylic acids is 2. The molecule has 1 atom stereocenters. The van der Waals surface area contributed by atoms with Crippen LogP contribution >= 0.6 is 0 Å². The number of benzene rings is 1. The average molecular weight is 343 g/mol. The van der Waals surface area contributed by atoms with Crippen LogP contribution in [-0.4, -0.2) is 46.9 Å². The molecular formula is C16H16F3NO4. The van der Waals surface area contributed by atoms with Gasteiger partial charge in [-0.15, -0.1) is 0 Å². The predicted octanol–water partition coefficient (Wildman–Crippen LogP) is 2.52. The maximum absolute atomic E-state index is 13.1. The summed E-state index contributed by atoms with van der Waals surface area (Å²) in [7, 11) is 0. The third-order valence-electron chi connectivity index (χ3n) is 4.24. The van der Waals surface area contributed by atoms with Crippen molar-refractivity contribution in [1.82, 2.24) is 4.90 Å². The second-order valence-corrected chi connectivity index (χ2v) is 5.74. The second-order valence-electron chi connectivity index (χ2n) is 5.74. The molecule has 1 aliphatic rings. The first-order valence-corrected chi connectivity index (χ1v) is 7.33. The summed E-state index contributed by atoms with van der Waals surface area (Å²) in [5.74, 6) is -2.92. The van der Waals surface area contributed by atoms with Crippen molar-refractivity contribution in [1.29, 1.82) is 0 Å². The van der Waals surface area contributed by atoms with Gasteiger partial charge >= 0.3 is 12.1 Å². The molecule has 1 aromatic rings. The molecule has 1 unspecified atom stereocenters. The molecule has 5 nitrogen and oxygen atoms in total. The van der Waals surface area contributed by atoms with E-state index in [-0.39, 0.29) is 25.2 Å². The van der Waals surface area contributed by atoms with Gasteiger partial charge in [-0.05, 0) is 6.42 Å². The highest BCUT2D eigenvalue weighted by molar-refractivity contribution is 5.98. The number of rotatable bonds is 5. The minimum absolute atomic E-state index is 0.133. The molecular weight excluding hydrogens is 327 g/mol. The Morgan fingerprint density at radius 1 is 1.12 bits per heavy atom. The van der Waals surface area contributed by atoms with Gasteiger partial charge in [-0.2, -0.15) is 13.2 Å². The van der Waals surface area contributed by atoms with E-state index in [9.17, 15) is 27.6 Å². The minimum Gasteiger partial charge on any atom is -0.481 e. The van der Waals surface area contributed by atoms with Crippen LogP contribution in [0.1, 0.15) is 29.6 Å². The molecule has 1 N–H and O–H groups in total. The summed E-state index contributed by atoms with van der Waals surface area (Å²) in [5.41, 5.74) is -2.51. The van der Waals surface area contributed by atoms with Crippen LogP contribution in [0.5, 0.6) is 0 Å². The van der Waals surface area contributed by atoms with Crippen molar-refractivity contribution in [3.63, 3.8) is 0 Å². The number of nitrogens with zero attached hydrogens (tertiary/aromatic N) is 1. The Morgan fingerprint density at radius 2 is 1.75 bits per heavy atom. The molecule has 1 fully saturated rings. The number of amides is 1. The Kier molecular flexibility index (Phi) is 4.96. The van der Waals surface area contributed by atoms with Gasteiger partial charge in [0.2, 0.25) is 5.91 Å². The molecule has 0 spiro atoms. The number of aliphatic carboxylic acids is 1. The number of ketones is 1. The zero-order chi connectivity index (χ0) is 18.0. The number of carbonyl (C=O) groups is 3. The Bertz CT molecular complexity index is 644. The van der Waals surface area contributed by atoms with E-state index in [2.05, 4.69) is 0 Å². The van der Waals surface area contributed by atoms with Crippen LogP contribution in [0.2, 0.25) is 0 Å². The number of Topliss-reactive ketones (excluding diaryl/α,β-unsaturated/α-hetero) is 1. The van der Waals surface area contributed by atoms with Gasteiger partial charge in [-0.25, -0.2) is 0 Å². The number of alkyl halides is 3. The normalized spacial score (nSPS) is 20.9. The second kappa shape index (κ2) is 6.62. The van der Waals surface area contributed by atoms with Crippen molar-refractivity contribution in [2.24, 2.45) is 5.41 Å². The molecule has 24 heavy (non-hydrogen) atoms. The molecule has 1 saturated heterocycles. The SMILES string of the molecule is O=C(CCC(=O)N1CCC(C(=O)O)(C(F)(F)F)C1)c1ccccc1. The Balaban J connectivity index is 1.97. The molecule has 0 bridgehead atoms. The zero-order valence-corrected chi connectivity index (χ0v) is 12.7. The Morgan fingerprint density at radius 3 is 2.25 bits per heavy atom. The first-order chi connectivity index (χ1) is 11.2.